The summed E-state index contributed by atoms with van der Waals surface area (Å²) < 4.78 is 2.38. The van der Waals surface area contributed by atoms with Gasteiger partial charge in [-0.1, -0.05) is 164 Å². The third kappa shape index (κ3) is 5.54. The van der Waals surface area contributed by atoms with Crippen molar-refractivity contribution < 1.29 is 0 Å². The molecule has 0 spiro atoms. The van der Waals surface area contributed by atoms with Gasteiger partial charge in [-0.15, -0.1) is 0 Å². The molecule has 2 heterocycles. The molecule has 4 nitrogen and oxygen atoms in total. The molecule has 10 aromatic rings. The lowest BCUT2D eigenvalue weighted by Gasteiger charge is -2.11. The van der Waals surface area contributed by atoms with Gasteiger partial charge >= 0.3 is 0 Å². The molecule has 0 aliphatic rings. The largest absolute Gasteiger partial charge is 0.309 e. The van der Waals surface area contributed by atoms with Gasteiger partial charge in [0.2, 0.25) is 0 Å². The number of rotatable bonds is 6. The number of aromatic nitrogens is 4. The predicted octanol–water partition coefficient (Wildman–Crippen LogP) is 12.5. The number of hydrogen-bond acceptors (Lipinski definition) is 3. The minimum Gasteiger partial charge on any atom is -0.309 e. The molecule has 0 aliphatic heterocycles. The maximum atomic E-state index is 5.00. The van der Waals surface area contributed by atoms with E-state index in [9.17, 15) is 0 Å². The van der Waals surface area contributed by atoms with Gasteiger partial charge in [0.05, 0.1) is 11.0 Å². The Labute approximate surface area is 307 Å². The fraction of sp³-hybridized carbons (Fsp3) is 0. The second kappa shape index (κ2) is 12.9. The topological polar surface area (TPSA) is 43.6 Å². The van der Waals surface area contributed by atoms with Crippen molar-refractivity contribution in [1.29, 1.82) is 0 Å². The molecule has 4 heteroatoms. The first-order valence-corrected chi connectivity index (χ1v) is 17.9. The van der Waals surface area contributed by atoms with Gasteiger partial charge < -0.3 is 4.57 Å². The molecule has 0 saturated carbocycles. The summed E-state index contributed by atoms with van der Waals surface area (Å²) in [5.74, 6) is 1.95. The van der Waals surface area contributed by atoms with E-state index < -0.39 is 0 Å². The SMILES string of the molecule is c1ccc(-c2nc(-c3ccc(-c4ccc(-n5c6ccccc6c6c(-c7ccccc7)cccc65)cc4)cc3)nc(-c3ccc4ccccc4c3)n2)cc1. The van der Waals surface area contributed by atoms with Crippen LogP contribution in [0.2, 0.25) is 0 Å². The van der Waals surface area contributed by atoms with Gasteiger partial charge in [-0.05, 0) is 63.4 Å². The average Bonchev–Trinajstić information content (AvgIpc) is 3.59. The zero-order valence-corrected chi connectivity index (χ0v) is 28.8. The summed E-state index contributed by atoms with van der Waals surface area (Å²) in [6.07, 6.45) is 0. The van der Waals surface area contributed by atoms with E-state index in [1.54, 1.807) is 0 Å². The van der Waals surface area contributed by atoms with Crippen molar-refractivity contribution in [3.8, 4) is 62.1 Å². The first-order valence-electron chi connectivity index (χ1n) is 17.9. The molecule has 0 saturated heterocycles. The van der Waals surface area contributed by atoms with Crippen LogP contribution in [0.4, 0.5) is 0 Å². The molecule has 53 heavy (non-hydrogen) atoms. The second-order valence-electron chi connectivity index (χ2n) is 13.3. The molecule has 0 aliphatic carbocycles. The van der Waals surface area contributed by atoms with Crippen LogP contribution in [-0.4, -0.2) is 19.5 Å². The van der Waals surface area contributed by atoms with Crippen molar-refractivity contribution in [2.75, 3.05) is 0 Å². The molecule has 0 N–H and O–H groups in total. The van der Waals surface area contributed by atoms with Gasteiger partial charge in [0.25, 0.3) is 0 Å². The highest BCUT2D eigenvalue weighted by molar-refractivity contribution is 6.15. The van der Waals surface area contributed by atoms with Gasteiger partial charge in [0.15, 0.2) is 17.5 Å². The van der Waals surface area contributed by atoms with Gasteiger partial charge in [-0.25, -0.2) is 15.0 Å². The standard InChI is InChI=1S/C49H32N4/c1-3-13-36(14-4-1)42-19-11-21-45-46(42)43-18-9-10-20-44(43)53(45)41-30-28-35(29-31-41)34-22-25-38(26-23-34)48-50-47(37-15-5-2-6-16-37)51-49(52-48)40-27-24-33-12-7-8-17-39(33)32-40/h1-32H. The molecular formula is C49H32N4. The Morgan fingerprint density at radius 2 is 0.830 bits per heavy atom. The predicted molar refractivity (Wildman–Crippen MR) is 219 cm³/mol. The molecule has 8 aromatic carbocycles. The third-order valence-corrected chi connectivity index (χ3v) is 10.1. The van der Waals surface area contributed by atoms with Crippen molar-refractivity contribution in [2.24, 2.45) is 0 Å². The Morgan fingerprint density at radius 3 is 1.55 bits per heavy atom. The van der Waals surface area contributed by atoms with Crippen LogP contribution in [0.25, 0.3) is 94.7 Å². The van der Waals surface area contributed by atoms with Crippen molar-refractivity contribution in [1.82, 2.24) is 19.5 Å². The maximum absolute atomic E-state index is 5.00. The highest BCUT2D eigenvalue weighted by Gasteiger charge is 2.17. The maximum Gasteiger partial charge on any atom is 0.164 e. The minimum absolute atomic E-state index is 0.644. The van der Waals surface area contributed by atoms with E-state index in [1.807, 2.05) is 30.3 Å². The minimum atomic E-state index is 0.644. The van der Waals surface area contributed by atoms with Crippen molar-refractivity contribution in [2.45, 2.75) is 0 Å². The van der Waals surface area contributed by atoms with E-state index >= 15 is 0 Å². The molecule has 2 aromatic heterocycles. The lowest BCUT2D eigenvalue weighted by Crippen LogP contribution is -2.00. The summed E-state index contributed by atoms with van der Waals surface area (Å²) in [5, 5.41) is 4.86. The average molecular weight is 677 g/mol. The van der Waals surface area contributed by atoms with Gasteiger partial charge in [0.1, 0.15) is 0 Å². The lowest BCUT2D eigenvalue weighted by atomic mass is 9.99. The highest BCUT2D eigenvalue weighted by Crippen LogP contribution is 2.39. The fourth-order valence-electron chi connectivity index (χ4n) is 7.45. The number of benzene rings is 8. The van der Waals surface area contributed by atoms with Crippen LogP contribution in [-0.2, 0) is 0 Å². The third-order valence-electron chi connectivity index (χ3n) is 10.1. The molecule has 0 amide bonds. The van der Waals surface area contributed by atoms with E-state index in [0.29, 0.717) is 17.5 Å². The molecule has 0 fully saturated rings. The van der Waals surface area contributed by atoms with E-state index in [2.05, 4.69) is 168 Å². The molecule has 0 bridgehead atoms. The zero-order chi connectivity index (χ0) is 35.1. The van der Waals surface area contributed by atoms with Crippen molar-refractivity contribution in [3.05, 3.63) is 194 Å². The summed E-state index contributed by atoms with van der Waals surface area (Å²) in [5.41, 5.74) is 11.1. The zero-order valence-electron chi connectivity index (χ0n) is 28.8. The van der Waals surface area contributed by atoms with Crippen LogP contribution in [0.1, 0.15) is 0 Å². The van der Waals surface area contributed by atoms with Crippen molar-refractivity contribution >= 4 is 32.6 Å². The summed E-state index contributed by atoms with van der Waals surface area (Å²) in [6.45, 7) is 0. The van der Waals surface area contributed by atoms with Gasteiger partial charge in [0, 0.05) is 33.2 Å². The molecule has 0 atom stereocenters. The van der Waals surface area contributed by atoms with Crippen LogP contribution < -0.4 is 0 Å². The van der Waals surface area contributed by atoms with E-state index in [-0.39, 0.29) is 0 Å². The Kier molecular flexibility index (Phi) is 7.43. The highest BCUT2D eigenvalue weighted by atomic mass is 15.0. The first-order chi connectivity index (χ1) is 26.3. The molecule has 0 unspecified atom stereocenters. The summed E-state index contributed by atoms with van der Waals surface area (Å²) in [4.78, 5) is 14.9. The summed E-state index contributed by atoms with van der Waals surface area (Å²) in [7, 11) is 0. The van der Waals surface area contributed by atoms with E-state index in [1.165, 1.54) is 38.3 Å². The Morgan fingerprint density at radius 1 is 0.321 bits per heavy atom. The van der Waals surface area contributed by atoms with Crippen molar-refractivity contribution in [3.63, 3.8) is 0 Å². The monoisotopic (exact) mass is 676 g/mol. The molecule has 10 rings (SSSR count). The molecule has 248 valence electrons. The first kappa shape index (κ1) is 30.6. The quantitative estimate of drug-likeness (QED) is 0.176. The van der Waals surface area contributed by atoms with Crippen LogP contribution in [0, 0.1) is 0 Å². The molecule has 0 radical (unpaired) electrons. The van der Waals surface area contributed by atoms with E-state index in [0.717, 1.165) is 38.9 Å². The molecular weight excluding hydrogens is 645 g/mol. The Balaban J connectivity index is 1.01. The van der Waals surface area contributed by atoms with Crippen LogP contribution in [0.15, 0.2) is 194 Å². The lowest BCUT2D eigenvalue weighted by molar-refractivity contribution is 1.07. The van der Waals surface area contributed by atoms with Crippen LogP contribution >= 0.6 is 0 Å². The Hall–Kier alpha value is -7.17. The summed E-state index contributed by atoms with van der Waals surface area (Å²) >= 11 is 0. The smallest absolute Gasteiger partial charge is 0.164 e. The fourth-order valence-corrected chi connectivity index (χ4v) is 7.45. The van der Waals surface area contributed by atoms with Gasteiger partial charge in [-0.3, -0.25) is 0 Å². The second-order valence-corrected chi connectivity index (χ2v) is 13.3. The Bertz CT molecular complexity index is 2910. The number of para-hydroxylation sites is 1. The van der Waals surface area contributed by atoms with Crippen LogP contribution in [0.5, 0.6) is 0 Å². The number of fused-ring (bicyclic) bond motifs is 4. The van der Waals surface area contributed by atoms with Gasteiger partial charge in [-0.2, -0.15) is 0 Å². The van der Waals surface area contributed by atoms with Crippen LogP contribution in [0.3, 0.4) is 0 Å². The normalized spacial score (nSPS) is 11.4. The summed E-state index contributed by atoms with van der Waals surface area (Å²) in [6, 6.07) is 68.2. The number of hydrogen-bond donors (Lipinski definition) is 0. The number of nitrogens with zero attached hydrogens (tertiary/aromatic N) is 4. The van der Waals surface area contributed by atoms with E-state index in [4.69, 9.17) is 15.0 Å².